The molecule has 1 aliphatic rings. The van der Waals surface area contributed by atoms with Crippen LogP contribution >= 0.6 is 0 Å². The van der Waals surface area contributed by atoms with Gasteiger partial charge in [-0.25, -0.2) is 9.97 Å². The fraction of sp³-hybridized carbons (Fsp3) is 0.333. The Morgan fingerprint density at radius 1 is 1.12 bits per heavy atom. The monoisotopic (exact) mass is 346 g/mol. The minimum absolute atomic E-state index is 0.0322. The van der Waals surface area contributed by atoms with Crippen LogP contribution in [0, 0.1) is 6.92 Å². The van der Waals surface area contributed by atoms with Crippen LogP contribution in [0.4, 0.5) is 0 Å². The van der Waals surface area contributed by atoms with E-state index in [1.165, 1.54) is 5.56 Å². The standard InChI is InChI=1S/C21H22N4O/c1-4-14-6-7-18-16(9-14)17(8-13(3)23-18)21(26)25-11-15-10-22-20(5-2)24-19(15)12-25/h6-10H,4-5,11-12H2,1-3H3. The van der Waals surface area contributed by atoms with Crippen LogP contribution < -0.4 is 0 Å². The summed E-state index contributed by atoms with van der Waals surface area (Å²) in [6.07, 6.45) is 3.59. The SMILES string of the molecule is CCc1ccc2nc(C)cc(C(=O)N3Cc4cnc(CC)nc4C3)c2c1. The number of rotatable bonds is 3. The van der Waals surface area contributed by atoms with Gasteiger partial charge in [0.15, 0.2) is 0 Å². The van der Waals surface area contributed by atoms with Gasteiger partial charge < -0.3 is 4.90 Å². The average molecular weight is 346 g/mol. The van der Waals surface area contributed by atoms with Crippen LogP contribution in [-0.4, -0.2) is 25.8 Å². The van der Waals surface area contributed by atoms with Crippen LogP contribution in [0.1, 0.15) is 52.5 Å². The van der Waals surface area contributed by atoms with Gasteiger partial charge in [-0.05, 0) is 37.1 Å². The molecule has 2 aromatic heterocycles. The number of hydrogen-bond donors (Lipinski definition) is 0. The topological polar surface area (TPSA) is 59.0 Å². The zero-order valence-electron chi connectivity index (χ0n) is 15.4. The predicted molar refractivity (Wildman–Crippen MR) is 101 cm³/mol. The van der Waals surface area contributed by atoms with Crippen molar-refractivity contribution in [3.05, 3.63) is 64.4 Å². The number of aromatic nitrogens is 3. The van der Waals surface area contributed by atoms with Gasteiger partial charge in [-0.3, -0.25) is 9.78 Å². The Kier molecular flexibility index (Phi) is 4.15. The maximum Gasteiger partial charge on any atom is 0.255 e. The Labute approximate surface area is 153 Å². The van der Waals surface area contributed by atoms with Crippen molar-refractivity contribution in [3.8, 4) is 0 Å². The van der Waals surface area contributed by atoms with Gasteiger partial charge in [0.2, 0.25) is 0 Å². The number of benzene rings is 1. The number of fused-ring (bicyclic) bond motifs is 2. The molecule has 26 heavy (non-hydrogen) atoms. The first-order chi connectivity index (χ1) is 12.6. The zero-order chi connectivity index (χ0) is 18.3. The van der Waals surface area contributed by atoms with Gasteiger partial charge >= 0.3 is 0 Å². The van der Waals surface area contributed by atoms with Gasteiger partial charge in [-0.15, -0.1) is 0 Å². The van der Waals surface area contributed by atoms with Gasteiger partial charge in [0.25, 0.3) is 5.91 Å². The van der Waals surface area contributed by atoms with Crippen molar-refractivity contribution >= 4 is 16.8 Å². The molecule has 0 saturated heterocycles. The van der Waals surface area contributed by atoms with Crippen molar-refractivity contribution < 1.29 is 4.79 Å². The summed E-state index contributed by atoms with van der Waals surface area (Å²) < 4.78 is 0. The van der Waals surface area contributed by atoms with Crippen LogP contribution in [0.25, 0.3) is 10.9 Å². The third-order valence-electron chi connectivity index (χ3n) is 4.95. The van der Waals surface area contributed by atoms with E-state index in [4.69, 9.17) is 0 Å². The zero-order valence-corrected chi connectivity index (χ0v) is 15.4. The summed E-state index contributed by atoms with van der Waals surface area (Å²) in [5.41, 5.74) is 5.67. The van der Waals surface area contributed by atoms with Crippen molar-refractivity contribution in [2.75, 3.05) is 0 Å². The van der Waals surface area contributed by atoms with E-state index in [1.54, 1.807) is 0 Å². The number of amides is 1. The highest BCUT2D eigenvalue weighted by Crippen LogP contribution is 2.26. The lowest BCUT2D eigenvalue weighted by Crippen LogP contribution is -2.26. The average Bonchev–Trinajstić information content (AvgIpc) is 3.09. The molecule has 3 aromatic rings. The number of carbonyl (C=O) groups is 1. The second-order valence-electron chi connectivity index (χ2n) is 6.79. The molecule has 0 unspecified atom stereocenters. The highest BCUT2D eigenvalue weighted by Gasteiger charge is 2.27. The molecule has 0 N–H and O–H groups in total. The predicted octanol–water partition coefficient (Wildman–Crippen LogP) is 3.61. The van der Waals surface area contributed by atoms with E-state index < -0.39 is 0 Å². The maximum absolute atomic E-state index is 13.3. The van der Waals surface area contributed by atoms with E-state index in [2.05, 4.69) is 34.0 Å². The van der Waals surface area contributed by atoms with Crippen LogP contribution in [0.2, 0.25) is 0 Å². The number of carbonyl (C=O) groups excluding carboxylic acids is 1. The number of aryl methyl sites for hydroxylation is 3. The summed E-state index contributed by atoms with van der Waals surface area (Å²) in [5.74, 6) is 0.862. The molecule has 3 heterocycles. The van der Waals surface area contributed by atoms with Crippen LogP contribution in [0.3, 0.4) is 0 Å². The Bertz CT molecular complexity index is 1010. The molecule has 132 valence electrons. The van der Waals surface area contributed by atoms with E-state index in [-0.39, 0.29) is 5.91 Å². The first-order valence-corrected chi connectivity index (χ1v) is 9.12. The molecule has 0 saturated carbocycles. The first kappa shape index (κ1) is 16.6. The van der Waals surface area contributed by atoms with Crippen LogP contribution in [0.15, 0.2) is 30.5 Å². The van der Waals surface area contributed by atoms with Gasteiger partial charge in [-0.2, -0.15) is 0 Å². The molecule has 0 atom stereocenters. The number of nitrogens with zero attached hydrogens (tertiary/aromatic N) is 4. The molecule has 0 fully saturated rings. The van der Waals surface area contributed by atoms with Crippen LogP contribution in [-0.2, 0) is 25.9 Å². The summed E-state index contributed by atoms with van der Waals surface area (Å²) >= 11 is 0. The van der Waals surface area contributed by atoms with Crippen molar-refractivity contribution in [1.29, 1.82) is 0 Å². The third-order valence-corrected chi connectivity index (χ3v) is 4.95. The summed E-state index contributed by atoms with van der Waals surface area (Å²) in [6, 6.07) is 8.08. The molecule has 1 amide bonds. The number of hydrogen-bond acceptors (Lipinski definition) is 4. The molecule has 1 aliphatic heterocycles. The van der Waals surface area contributed by atoms with Gasteiger partial charge in [0.1, 0.15) is 5.82 Å². The molecular formula is C21H22N4O. The smallest absolute Gasteiger partial charge is 0.255 e. The van der Waals surface area contributed by atoms with Crippen LogP contribution in [0.5, 0.6) is 0 Å². The minimum atomic E-state index is 0.0322. The molecule has 0 aliphatic carbocycles. The maximum atomic E-state index is 13.3. The van der Waals surface area contributed by atoms with Gasteiger partial charge in [0, 0.05) is 35.8 Å². The second-order valence-corrected chi connectivity index (χ2v) is 6.79. The van der Waals surface area contributed by atoms with E-state index in [1.807, 2.05) is 37.1 Å². The molecule has 4 rings (SSSR count). The van der Waals surface area contributed by atoms with E-state index in [9.17, 15) is 4.79 Å². The molecule has 0 spiro atoms. The molecule has 0 bridgehead atoms. The first-order valence-electron chi connectivity index (χ1n) is 9.12. The largest absolute Gasteiger partial charge is 0.328 e. The number of pyridine rings is 1. The van der Waals surface area contributed by atoms with E-state index >= 15 is 0 Å². The Hall–Kier alpha value is -2.82. The van der Waals surface area contributed by atoms with Crippen molar-refractivity contribution in [3.63, 3.8) is 0 Å². The highest BCUT2D eigenvalue weighted by atomic mass is 16.2. The minimum Gasteiger partial charge on any atom is -0.328 e. The van der Waals surface area contributed by atoms with Crippen molar-refractivity contribution in [2.24, 2.45) is 0 Å². The quantitative estimate of drug-likeness (QED) is 0.727. The Morgan fingerprint density at radius 3 is 2.73 bits per heavy atom. The molecular weight excluding hydrogens is 324 g/mol. The van der Waals surface area contributed by atoms with E-state index in [0.29, 0.717) is 13.1 Å². The fourth-order valence-corrected chi connectivity index (χ4v) is 3.48. The summed E-state index contributed by atoms with van der Waals surface area (Å²) in [6.45, 7) is 7.19. The lowest BCUT2D eigenvalue weighted by Gasteiger charge is -2.17. The second kappa shape index (κ2) is 6.48. The molecule has 1 aromatic carbocycles. The van der Waals surface area contributed by atoms with E-state index in [0.717, 1.165) is 52.1 Å². The lowest BCUT2D eigenvalue weighted by atomic mass is 10.0. The lowest BCUT2D eigenvalue weighted by molar-refractivity contribution is 0.0752. The fourth-order valence-electron chi connectivity index (χ4n) is 3.48. The normalized spacial score (nSPS) is 13.3. The van der Waals surface area contributed by atoms with Crippen molar-refractivity contribution in [1.82, 2.24) is 19.9 Å². The summed E-state index contributed by atoms with van der Waals surface area (Å²) in [5, 5.41) is 0.927. The molecule has 5 heteroatoms. The third kappa shape index (κ3) is 2.83. The Balaban J connectivity index is 1.73. The highest BCUT2D eigenvalue weighted by molar-refractivity contribution is 6.06. The van der Waals surface area contributed by atoms with Crippen molar-refractivity contribution in [2.45, 2.75) is 46.7 Å². The summed E-state index contributed by atoms with van der Waals surface area (Å²) in [4.78, 5) is 28.7. The Morgan fingerprint density at radius 2 is 1.96 bits per heavy atom. The van der Waals surface area contributed by atoms with Gasteiger partial charge in [0.05, 0.1) is 23.3 Å². The molecule has 5 nitrogen and oxygen atoms in total. The molecule has 0 radical (unpaired) electrons. The summed E-state index contributed by atoms with van der Waals surface area (Å²) in [7, 11) is 0. The van der Waals surface area contributed by atoms with Gasteiger partial charge in [-0.1, -0.05) is 19.9 Å².